The predicted molar refractivity (Wildman–Crippen MR) is 46.0 cm³/mol. The van der Waals surface area contributed by atoms with E-state index in [0.717, 1.165) is 11.8 Å². The first kappa shape index (κ1) is 8.10. The van der Waals surface area contributed by atoms with Crippen molar-refractivity contribution in [3.8, 4) is 0 Å². The maximum atomic E-state index is 2.42. The van der Waals surface area contributed by atoms with Crippen LogP contribution < -0.4 is 0 Å². The van der Waals surface area contributed by atoms with Crippen LogP contribution in [0, 0.1) is 11.8 Å². The molecule has 0 nitrogen and oxygen atoms in total. The lowest BCUT2D eigenvalue weighted by molar-refractivity contribution is 0.380. The Morgan fingerprint density at radius 1 is 1.30 bits per heavy atom. The quantitative estimate of drug-likeness (QED) is 0.561. The molecule has 1 fully saturated rings. The second-order valence-corrected chi connectivity index (χ2v) is 3.81. The normalized spacial score (nSPS) is 33.0. The van der Waals surface area contributed by atoms with Crippen molar-refractivity contribution in [2.45, 2.75) is 52.4 Å². The van der Waals surface area contributed by atoms with Crippen LogP contribution in [0.2, 0.25) is 0 Å². The molecule has 10 heavy (non-hydrogen) atoms. The van der Waals surface area contributed by atoms with E-state index in [0.29, 0.717) is 0 Å². The summed E-state index contributed by atoms with van der Waals surface area (Å²) >= 11 is 0. The fraction of sp³-hybridized carbons (Fsp3) is 1.00. The third-order valence-electron chi connectivity index (χ3n) is 2.97. The van der Waals surface area contributed by atoms with Gasteiger partial charge in [-0.05, 0) is 11.8 Å². The van der Waals surface area contributed by atoms with Crippen LogP contribution in [0.25, 0.3) is 0 Å². The zero-order valence-corrected chi connectivity index (χ0v) is 7.40. The zero-order valence-electron chi connectivity index (χ0n) is 7.40. The van der Waals surface area contributed by atoms with E-state index in [1.807, 2.05) is 0 Å². The van der Waals surface area contributed by atoms with Crippen molar-refractivity contribution in [3.05, 3.63) is 0 Å². The summed E-state index contributed by atoms with van der Waals surface area (Å²) in [5.41, 5.74) is 0. The standard InChI is InChI=1S/C10H20/c1-3-4-7-10-8-5-6-9(10)2/h9-10H,3-8H2,1-2H3/t9-,10+/m1/s1. The van der Waals surface area contributed by atoms with Gasteiger partial charge in [0.15, 0.2) is 0 Å². The second kappa shape index (κ2) is 4.00. The minimum atomic E-state index is 1.03. The van der Waals surface area contributed by atoms with Crippen LogP contribution in [-0.2, 0) is 0 Å². The summed E-state index contributed by atoms with van der Waals surface area (Å²) in [6, 6.07) is 0. The molecule has 0 bridgehead atoms. The third-order valence-corrected chi connectivity index (χ3v) is 2.97. The summed E-state index contributed by atoms with van der Waals surface area (Å²) in [4.78, 5) is 0. The fourth-order valence-electron chi connectivity index (χ4n) is 2.12. The zero-order chi connectivity index (χ0) is 7.40. The predicted octanol–water partition coefficient (Wildman–Crippen LogP) is 3.61. The first-order valence-corrected chi connectivity index (χ1v) is 4.84. The molecule has 0 heteroatoms. The maximum absolute atomic E-state index is 2.42. The highest BCUT2D eigenvalue weighted by molar-refractivity contribution is 4.73. The van der Waals surface area contributed by atoms with Gasteiger partial charge in [-0.1, -0.05) is 52.4 Å². The largest absolute Gasteiger partial charge is 0.0654 e. The van der Waals surface area contributed by atoms with Crippen LogP contribution in [0.5, 0.6) is 0 Å². The summed E-state index contributed by atoms with van der Waals surface area (Å²) in [5, 5.41) is 0. The average molecular weight is 140 g/mol. The molecule has 1 saturated carbocycles. The highest BCUT2D eigenvalue weighted by Crippen LogP contribution is 2.34. The topological polar surface area (TPSA) is 0 Å². The summed E-state index contributed by atoms with van der Waals surface area (Å²) in [6.07, 6.45) is 8.83. The minimum absolute atomic E-state index is 1.03. The van der Waals surface area contributed by atoms with Crippen molar-refractivity contribution in [1.82, 2.24) is 0 Å². The minimum Gasteiger partial charge on any atom is -0.0654 e. The van der Waals surface area contributed by atoms with Crippen molar-refractivity contribution in [3.63, 3.8) is 0 Å². The lowest BCUT2D eigenvalue weighted by Gasteiger charge is -2.13. The summed E-state index contributed by atoms with van der Waals surface area (Å²) in [7, 11) is 0. The molecule has 0 unspecified atom stereocenters. The molecular weight excluding hydrogens is 120 g/mol. The van der Waals surface area contributed by atoms with E-state index in [4.69, 9.17) is 0 Å². The van der Waals surface area contributed by atoms with E-state index >= 15 is 0 Å². The van der Waals surface area contributed by atoms with Gasteiger partial charge in [-0.15, -0.1) is 0 Å². The lowest BCUT2D eigenvalue weighted by Crippen LogP contribution is -2.02. The molecule has 1 aliphatic rings. The summed E-state index contributed by atoms with van der Waals surface area (Å²) in [5.74, 6) is 2.12. The van der Waals surface area contributed by atoms with Gasteiger partial charge in [0.2, 0.25) is 0 Å². The van der Waals surface area contributed by atoms with Gasteiger partial charge in [0.25, 0.3) is 0 Å². The molecule has 0 saturated heterocycles. The molecule has 2 atom stereocenters. The Morgan fingerprint density at radius 3 is 2.60 bits per heavy atom. The van der Waals surface area contributed by atoms with Gasteiger partial charge in [-0.25, -0.2) is 0 Å². The molecule has 0 spiro atoms. The number of unbranched alkanes of at least 4 members (excludes halogenated alkanes) is 1. The van der Waals surface area contributed by atoms with Crippen molar-refractivity contribution in [2.24, 2.45) is 11.8 Å². The summed E-state index contributed by atoms with van der Waals surface area (Å²) in [6.45, 7) is 4.72. The Kier molecular flexibility index (Phi) is 3.24. The van der Waals surface area contributed by atoms with Gasteiger partial charge in [0, 0.05) is 0 Å². The molecule has 60 valence electrons. The monoisotopic (exact) mass is 140 g/mol. The van der Waals surface area contributed by atoms with E-state index < -0.39 is 0 Å². The van der Waals surface area contributed by atoms with E-state index in [2.05, 4.69) is 13.8 Å². The van der Waals surface area contributed by atoms with Crippen LogP contribution in [0.1, 0.15) is 52.4 Å². The molecule has 1 rings (SSSR count). The van der Waals surface area contributed by atoms with E-state index in [1.54, 1.807) is 0 Å². The van der Waals surface area contributed by atoms with Crippen LogP contribution >= 0.6 is 0 Å². The van der Waals surface area contributed by atoms with Crippen LogP contribution in [0.4, 0.5) is 0 Å². The Morgan fingerprint density at radius 2 is 2.10 bits per heavy atom. The molecule has 1 aliphatic carbocycles. The van der Waals surface area contributed by atoms with Crippen molar-refractivity contribution in [2.75, 3.05) is 0 Å². The van der Waals surface area contributed by atoms with Crippen molar-refractivity contribution in [1.29, 1.82) is 0 Å². The van der Waals surface area contributed by atoms with Crippen LogP contribution in [0.3, 0.4) is 0 Å². The number of hydrogen-bond donors (Lipinski definition) is 0. The molecule has 0 aromatic rings. The SMILES string of the molecule is CCCC[C@H]1CCC[C@H]1C. The Hall–Kier alpha value is 0. The van der Waals surface area contributed by atoms with Crippen LogP contribution in [-0.4, -0.2) is 0 Å². The van der Waals surface area contributed by atoms with Gasteiger partial charge in [0.05, 0.1) is 0 Å². The van der Waals surface area contributed by atoms with E-state index in [-0.39, 0.29) is 0 Å². The van der Waals surface area contributed by atoms with Crippen LogP contribution in [0.15, 0.2) is 0 Å². The molecular formula is C10H20. The molecule has 0 aliphatic heterocycles. The second-order valence-electron chi connectivity index (χ2n) is 3.81. The molecule has 0 aromatic heterocycles. The molecule has 0 radical (unpaired) electrons. The molecule has 0 aromatic carbocycles. The third kappa shape index (κ3) is 2.00. The first-order valence-electron chi connectivity index (χ1n) is 4.84. The Balaban J connectivity index is 2.14. The van der Waals surface area contributed by atoms with Gasteiger partial charge in [-0.2, -0.15) is 0 Å². The molecule has 0 amide bonds. The van der Waals surface area contributed by atoms with Crippen molar-refractivity contribution < 1.29 is 0 Å². The van der Waals surface area contributed by atoms with Gasteiger partial charge >= 0.3 is 0 Å². The fourth-order valence-corrected chi connectivity index (χ4v) is 2.12. The van der Waals surface area contributed by atoms with Crippen molar-refractivity contribution >= 4 is 0 Å². The number of hydrogen-bond acceptors (Lipinski definition) is 0. The molecule has 0 N–H and O–H groups in total. The molecule has 0 heterocycles. The van der Waals surface area contributed by atoms with Gasteiger partial charge in [0.1, 0.15) is 0 Å². The maximum Gasteiger partial charge on any atom is -0.0388 e. The summed E-state index contributed by atoms with van der Waals surface area (Å²) < 4.78 is 0. The van der Waals surface area contributed by atoms with E-state index in [1.165, 1.54) is 38.5 Å². The highest BCUT2D eigenvalue weighted by Gasteiger charge is 2.21. The average Bonchev–Trinajstić information content (AvgIpc) is 2.31. The Bertz CT molecular complexity index is 86.0. The Labute approximate surface area is 65.0 Å². The number of rotatable bonds is 3. The van der Waals surface area contributed by atoms with Gasteiger partial charge < -0.3 is 0 Å². The van der Waals surface area contributed by atoms with E-state index in [9.17, 15) is 0 Å². The smallest absolute Gasteiger partial charge is 0.0388 e. The first-order chi connectivity index (χ1) is 4.84. The van der Waals surface area contributed by atoms with Gasteiger partial charge in [-0.3, -0.25) is 0 Å². The lowest BCUT2D eigenvalue weighted by atomic mass is 9.93. The highest BCUT2D eigenvalue weighted by atomic mass is 14.3.